The number of nitrogens with two attached hydrogens (primary N) is 1. The predicted molar refractivity (Wildman–Crippen MR) is 86.3 cm³/mol. The van der Waals surface area contributed by atoms with Crippen LogP contribution >= 0.6 is 0 Å². The quantitative estimate of drug-likeness (QED) is 0.828. The van der Waals surface area contributed by atoms with Gasteiger partial charge in [-0.1, -0.05) is 31.2 Å². The Morgan fingerprint density at radius 1 is 1.14 bits per heavy atom. The molecule has 22 heavy (non-hydrogen) atoms. The molecule has 2 aromatic carbocycles. The number of nitrogen functional groups attached to an aromatic ring is 1. The van der Waals surface area contributed by atoms with Crippen molar-refractivity contribution in [3.05, 3.63) is 53.6 Å². The van der Waals surface area contributed by atoms with Gasteiger partial charge in [-0.25, -0.2) is 8.42 Å². The van der Waals surface area contributed by atoms with E-state index in [1.54, 1.807) is 37.4 Å². The lowest BCUT2D eigenvalue weighted by Gasteiger charge is -2.10. The summed E-state index contributed by atoms with van der Waals surface area (Å²) in [5.41, 5.74) is 7.80. The number of nitrogens with zero attached hydrogens (tertiary/aromatic N) is 1. The summed E-state index contributed by atoms with van der Waals surface area (Å²) in [6.45, 7) is 2.00. The monoisotopic (exact) mass is 319 g/mol. The minimum absolute atomic E-state index is 0.0698. The largest absolute Gasteiger partial charge is 0.497 e. The molecule has 0 aromatic heterocycles. The topological polar surface area (TPSA) is 83.5 Å². The van der Waals surface area contributed by atoms with Crippen molar-refractivity contribution in [2.45, 2.75) is 24.8 Å². The summed E-state index contributed by atoms with van der Waals surface area (Å²) < 4.78 is 33.6. The van der Waals surface area contributed by atoms with Crippen molar-refractivity contribution < 1.29 is 13.2 Å². The lowest BCUT2D eigenvalue weighted by atomic mass is 10.1. The fourth-order valence-corrected chi connectivity index (χ4v) is 3.20. The second-order valence-electron chi connectivity index (χ2n) is 4.79. The van der Waals surface area contributed by atoms with E-state index in [0.29, 0.717) is 12.2 Å². The second-order valence-corrected chi connectivity index (χ2v) is 6.44. The zero-order chi connectivity index (χ0) is 16.2. The highest BCUT2D eigenvalue weighted by molar-refractivity contribution is 7.89. The Morgan fingerprint density at radius 2 is 1.82 bits per heavy atom. The van der Waals surface area contributed by atoms with Crippen LogP contribution in [0, 0.1) is 0 Å². The standard InChI is InChI=1S/C16H19N2O3S/c1-3-13-5-4-6-15(16(13)17)22(19,20)18-11-12-7-9-14(21-2)10-8-12/h4-10H,3,11,17H2,1-2H3. The summed E-state index contributed by atoms with van der Waals surface area (Å²) in [6, 6.07) is 12.1. The Balaban J connectivity index is 2.17. The zero-order valence-corrected chi connectivity index (χ0v) is 13.4. The molecule has 0 unspecified atom stereocenters. The maximum atomic E-state index is 12.3. The number of rotatable bonds is 6. The summed E-state index contributed by atoms with van der Waals surface area (Å²) in [5, 5.41) is 0. The van der Waals surface area contributed by atoms with Crippen molar-refractivity contribution in [3.8, 4) is 5.75 Å². The summed E-state index contributed by atoms with van der Waals surface area (Å²) >= 11 is 0. The first-order valence-electron chi connectivity index (χ1n) is 6.92. The summed E-state index contributed by atoms with van der Waals surface area (Å²) in [7, 11) is -2.19. The average Bonchev–Trinajstić information content (AvgIpc) is 2.53. The third-order valence-electron chi connectivity index (χ3n) is 3.39. The van der Waals surface area contributed by atoms with E-state index in [0.717, 1.165) is 11.1 Å². The maximum absolute atomic E-state index is 12.3. The van der Waals surface area contributed by atoms with Crippen molar-refractivity contribution >= 4 is 15.7 Å². The smallest absolute Gasteiger partial charge is 0.259 e. The van der Waals surface area contributed by atoms with Crippen molar-refractivity contribution in [2.75, 3.05) is 12.8 Å². The van der Waals surface area contributed by atoms with Crippen LogP contribution < -0.4 is 15.2 Å². The van der Waals surface area contributed by atoms with Gasteiger partial charge in [-0.05, 0) is 35.7 Å². The molecule has 0 heterocycles. The number of methoxy groups -OCH3 is 1. The van der Waals surface area contributed by atoms with Crippen LogP contribution in [0.4, 0.5) is 5.69 Å². The molecule has 0 amide bonds. The van der Waals surface area contributed by atoms with Crippen molar-refractivity contribution in [1.82, 2.24) is 4.72 Å². The first-order chi connectivity index (χ1) is 10.5. The van der Waals surface area contributed by atoms with Crippen LogP contribution in [0.2, 0.25) is 0 Å². The number of hydrogen-bond acceptors (Lipinski definition) is 4. The number of ether oxygens (including phenoxy) is 1. The molecule has 0 saturated heterocycles. The second kappa shape index (κ2) is 6.81. The van der Waals surface area contributed by atoms with Gasteiger partial charge in [0.2, 0.25) is 0 Å². The summed E-state index contributed by atoms with van der Waals surface area (Å²) in [6.07, 6.45) is 0.674. The fourth-order valence-electron chi connectivity index (χ4n) is 2.08. The van der Waals surface area contributed by atoms with Gasteiger partial charge in [0.25, 0.3) is 10.0 Å². The Hall–Kier alpha value is -2.05. The van der Waals surface area contributed by atoms with Gasteiger partial charge in [0.15, 0.2) is 0 Å². The first-order valence-corrected chi connectivity index (χ1v) is 8.36. The molecule has 0 spiro atoms. The lowest BCUT2D eigenvalue weighted by molar-refractivity contribution is 0.414. The molecule has 0 saturated carbocycles. The minimum atomic E-state index is -3.77. The maximum Gasteiger partial charge on any atom is 0.259 e. The van der Waals surface area contributed by atoms with Crippen molar-refractivity contribution in [2.24, 2.45) is 0 Å². The molecule has 2 aromatic rings. The van der Waals surface area contributed by atoms with Gasteiger partial charge in [-0.15, -0.1) is 4.72 Å². The molecule has 2 rings (SSSR count). The Bertz CT molecular complexity index is 740. The van der Waals surface area contributed by atoms with E-state index >= 15 is 0 Å². The number of aryl methyl sites for hydroxylation is 1. The van der Waals surface area contributed by atoms with Crippen LogP contribution in [0.25, 0.3) is 0 Å². The van der Waals surface area contributed by atoms with Crippen LogP contribution in [0.1, 0.15) is 18.1 Å². The highest BCUT2D eigenvalue weighted by Gasteiger charge is 2.19. The molecule has 1 radical (unpaired) electrons. The van der Waals surface area contributed by atoms with Gasteiger partial charge in [0.05, 0.1) is 19.3 Å². The zero-order valence-electron chi connectivity index (χ0n) is 12.6. The number of benzene rings is 2. The molecule has 2 N–H and O–H groups in total. The van der Waals surface area contributed by atoms with Crippen molar-refractivity contribution in [3.63, 3.8) is 0 Å². The SMILES string of the molecule is CCc1cccc(S(=O)(=O)[N]Cc2ccc(OC)cc2)c1N. The van der Waals surface area contributed by atoms with Crippen LogP contribution in [-0.2, 0) is 23.0 Å². The Kier molecular flexibility index (Phi) is 5.05. The van der Waals surface area contributed by atoms with Crippen LogP contribution in [0.3, 0.4) is 0 Å². The average molecular weight is 319 g/mol. The lowest BCUT2D eigenvalue weighted by Crippen LogP contribution is -2.18. The van der Waals surface area contributed by atoms with E-state index in [9.17, 15) is 8.42 Å². The highest BCUT2D eigenvalue weighted by Crippen LogP contribution is 2.23. The highest BCUT2D eigenvalue weighted by atomic mass is 32.2. The van der Waals surface area contributed by atoms with Crippen molar-refractivity contribution in [1.29, 1.82) is 0 Å². The number of hydrogen-bond donors (Lipinski definition) is 1. The van der Waals surface area contributed by atoms with Gasteiger partial charge >= 0.3 is 0 Å². The van der Waals surface area contributed by atoms with Gasteiger partial charge in [-0.2, -0.15) is 0 Å². The van der Waals surface area contributed by atoms with E-state index in [2.05, 4.69) is 4.72 Å². The van der Waals surface area contributed by atoms with Crippen LogP contribution in [-0.4, -0.2) is 15.5 Å². The molecule has 0 fully saturated rings. The van der Waals surface area contributed by atoms with Gasteiger partial charge in [-0.3, -0.25) is 0 Å². The van der Waals surface area contributed by atoms with E-state index in [1.807, 2.05) is 13.0 Å². The third-order valence-corrected chi connectivity index (χ3v) is 4.77. The molecule has 6 heteroatoms. The van der Waals surface area contributed by atoms with E-state index in [-0.39, 0.29) is 17.1 Å². The van der Waals surface area contributed by atoms with Crippen LogP contribution in [0.5, 0.6) is 5.75 Å². The summed E-state index contributed by atoms with van der Waals surface area (Å²) in [4.78, 5) is 0.0698. The van der Waals surface area contributed by atoms with Gasteiger partial charge in [0, 0.05) is 0 Å². The van der Waals surface area contributed by atoms with Gasteiger partial charge < -0.3 is 10.5 Å². The normalized spacial score (nSPS) is 11.4. The van der Waals surface area contributed by atoms with E-state index < -0.39 is 10.0 Å². The number of para-hydroxylation sites is 1. The molecule has 5 nitrogen and oxygen atoms in total. The third kappa shape index (κ3) is 3.58. The predicted octanol–water partition coefficient (Wildman–Crippen LogP) is 2.33. The fraction of sp³-hybridized carbons (Fsp3) is 0.250. The molecule has 0 atom stereocenters. The first kappa shape index (κ1) is 16.3. The molecular weight excluding hydrogens is 300 g/mol. The van der Waals surface area contributed by atoms with E-state index in [1.165, 1.54) is 6.07 Å². The molecule has 0 aliphatic heterocycles. The number of sulfonamides is 1. The Morgan fingerprint density at radius 3 is 2.41 bits per heavy atom. The molecule has 0 aliphatic rings. The molecular formula is C16H19N2O3S. The van der Waals surface area contributed by atoms with Gasteiger partial charge in [0.1, 0.15) is 10.6 Å². The molecule has 117 valence electrons. The Labute approximate surface area is 131 Å². The van der Waals surface area contributed by atoms with E-state index in [4.69, 9.17) is 10.5 Å². The van der Waals surface area contributed by atoms with Crippen LogP contribution in [0.15, 0.2) is 47.4 Å². The summed E-state index contributed by atoms with van der Waals surface area (Å²) in [5.74, 6) is 0.714. The number of anilines is 1. The molecule has 0 bridgehead atoms. The molecule has 0 aliphatic carbocycles. The minimum Gasteiger partial charge on any atom is -0.497 e.